The van der Waals surface area contributed by atoms with Crippen molar-refractivity contribution in [1.82, 2.24) is 19.8 Å². The number of likely N-dealkylation sites (tertiary alicyclic amines) is 1. The summed E-state index contributed by atoms with van der Waals surface area (Å²) in [5.74, 6) is 0. The molecule has 1 spiro atoms. The second-order valence-electron chi connectivity index (χ2n) is 5.09. The summed E-state index contributed by atoms with van der Waals surface area (Å²) >= 11 is 1.44. The van der Waals surface area contributed by atoms with E-state index in [2.05, 4.69) is 14.9 Å². The third kappa shape index (κ3) is 1.87. The van der Waals surface area contributed by atoms with E-state index in [1.807, 2.05) is 6.20 Å². The maximum Gasteiger partial charge on any atom is 0.407 e. The lowest BCUT2D eigenvalue weighted by atomic mass is 9.72. The monoisotopic (exact) mass is 268 g/mol. The van der Waals surface area contributed by atoms with Crippen LogP contribution in [0, 0.1) is 5.41 Å². The zero-order valence-corrected chi connectivity index (χ0v) is 10.8. The summed E-state index contributed by atoms with van der Waals surface area (Å²) in [6.07, 6.45) is 4.00. The van der Waals surface area contributed by atoms with Crippen molar-refractivity contribution in [3.05, 3.63) is 11.1 Å². The Bertz CT molecular complexity index is 428. The van der Waals surface area contributed by atoms with Crippen LogP contribution >= 0.6 is 11.5 Å². The topological polar surface area (TPSA) is 78.4 Å². The van der Waals surface area contributed by atoms with Gasteiger partial charge >= 0.3 is 6.09 Å². The number of rotatable bonds is 1. The molecule has 18 heavy (non-hydrogen) atoms. The van der Waals surface area contributed by atoms with Gasteiger partial charge in [0.25, 0.3) is 0 Å². The molecule has 1 atom stereocenters. The largest absolute Gasteiger partial charge is 0.465 e. The highest BCUT2D eigenvalue weighted by Crippen LogP contribution is 2.49. The van der Waals surface area contributed by atoms with Gasteiger partial charge in [-0.1, -0.05) is 4.49 Å². The van der Waals surface area contributed by atoms with Crippen LogP contribution in [0.4, 0.5) is 4.79 Å². The Hall–Kier alpha value is -1.21. The molecule has 2 fully saturated rings. The Balaban J connectivity index is 1.77. The molecule has 98 valence electrons. The summed E-state index contributed by atoms with van der Waals surface area (Å²) in [6.45, 7) is 2.27. The van der Waals surface area contributed by atoms with Crippen molar-refractivity contribution >= 4 is 17.6 Å². The first-order chi connectivity index (χ1) is 8.71. The Morgan fingerprint density at radius 2 is 2.28 bits per heavy atom. The number of nitrogens with zero attached hydrogens (tertiary/aromatic N) is 3. The van der Waals surface area contributed by atoms with Crippen LogP contribution in [0.1, 0.15) is 30.2 Å². The van der Waals surface area contributed by atoms with Crippen molar-refractivity contribution in [1.29, 1.82) is 0 Å². The van der Waals surface area contributed by atoms with E-state index in [0.29, 0.717) is 19.1 Å². The molecule has 3 heterocycles. The maximum absolute atomic E-state index is 11.0. The first-order valence-corrected chi connectivity index (χ1v) is 6.97. The average Bonchev–Trinajstić information content (AvgIpc) is 2.99. The summed E-state index contributed by atoms with van der Waals surface area (Å²) in [6, 6.07) is 0.299. The second-order valence-corrected chi connectivity index (χ2v) is 5.91. The molecule has 2 N–H and O–H groups in total. The first-order valence-electron chi connectivity index (χ1n) is 6.20. The molecule has 1 unspecified atom stereocenters. The number of hydrogen-bond donors (Lipinski definition) is 2. The fourth-order valence-electron chi connectivity index (χ4n) is 3.21. The van der Waals surface area contributed by atoms with E-state index in [0.717, 1.165) is 25.8 Å². The summed E-state index contributed by atoms with van der Waals surface area (Å²) in [5.41, 5.74) is 0.195. The third-order valence-corrected chi connectivity index (χ3v) is 5.00. The fourth-order valence-corrected chi connectivity index (χ4v) is 3.93. The van der Waals surface area contributed by atoms with Gasteiger partial charge in [-0.05, 0) is 42.8 Å². The van der Waals surface area contributed by atoms with Gasteiger partial charge in [-0.25, -0.2) is 4.79 Å². The second kappa shape index (κ2) is 4.47. The van der Waals surface area contributed by atoms with Gasteiger partial charge in [0.2, 0.25) is 0 Å². The minimum Gasteiger partial charge on any atom is -0.465 e. The normalized spacial score (nSPS) is 26.7. The maximum atomic E-state index is 11.0. The molecule has 6 nitrogen and oxygen atoms in total. The van der Waals surface area contributed by atoms with Gasteiger partial charge in [0, 0.05) is 13.1 Å². The summed E-state index contributed by atoms with van der Waals surface area (Å²) in [5, 5.41) is 16.5. The van der Waals surface area contributed by atoms with Crippen LogP contribution < -0.4 is 5.32 Å². The average molecular weight is 268 g/mol. The standard InChI is InChI=1S/C11H16N4O2S/c16-10(17)15-5-2-11(3-6-15)1-4-12-9(11)8-7-13-14-18-8/h7,9,12H,1-6H2,(H,16,17). The van der Waals surface area contributed by atoms with Gasteiger partial charge in [0.1, 0.15) is 0 Å². The van der Waals surface area contributed by atoms with E-state index in [9.17, 15) is 4.79 Å². The lowest BCUT2D eigenvalue weighted by molar-refractivity contribution is 0.0817. The van der Waals surface area contributed by atoms with Crippen LogP contribution in [0.3, 0.4) is 0 Å². The van der Waals surface area contributed by atoms with Gasteiger partial charge in [0.05, 0.1) is 17.1 Å². The fraction of sp³-hybridized carbons (Fsp3) is 0.727. The van der Waals surface area contributed by atoms with Gasteiger partial charge in [0.15, 0.2) is 0 Å². The Kier molecular flexibility index (Phi) is 2.95. The molecule has 1 amide bonds. The van der Waals surface area contributed by atoms with E-state index >= 15 is 0 Å². The van der Waals surface area contributed by atoms with Gasteiger partial charge < -0.3 is 15.3 Å². The summed E-state index contributed by atoms with van der Waals surface area (Å²) < 4.78 is 3.94. The van der Waals surface area contributed by atoms with Crippen molar-refractivity contribution in [2.45, 2.75) is 25.3 Å². The summed E-state index contributed by atoms with van der Waals surface area (Å²) in [4.78, 5) is 13.7. The number of aromatic nitrogens is 2. The summed E-state index contributed by atoms with van der Waals surface area (Å²) in [7, 11) is 0. The van der Waals surface area contributed by atoms with Crippen LogP contribution in [0.2, 0.25) is 0 Å². The van der Waals surface area contributed by atoms with E-state index in [1.54, 1.807) is 0 Å². The molecule has 0 saturated carbocycles. The number of nitrogens with one attached hydrogen (secondary N) is 1. The molecule has 3 rings (SSSR count). The van der Waals surface area contributed by atoms with E-state index in [-0.39, 0.29) is 5.41 Å². The van der Waals surface area contributed by atoms with Crippen LogP contribution in [-0.2, 0) is 0 Å². The smallest absolute Gasteiger partial charge is 0.407 e. The Morgan fingerprint density at radius 1 is 1.50 bits per heavy atom. The lowest BCUT2D eigenvalue weighted by Crippen LogP contribution is -2.44. The van der Waals surface area contributed by atoms with Gasteiger partial charge in [-0.2, -0.15) is 0 Å². The van der Waals surface area contributed by atoms with Crippen molar-refractivity contribution in [2.24, 2.45) is 5.41 Å². The molecule has 0 bridgehead atoms. The minimum absolute atomic E-state index is 0.195. The number of piperidine rings is 1. The van der Waals surface area contributed by atoms with E-state index in [4.69, 9.17) is 5.11 Å². The molecule has 2 aliphatic rings. The molecule has 0 aromatic carbocycles. The highest BCUT2D eigenvalue weighted by molar-refractivity contribution is 7.05. The molecular weight excluding hydrogens is 252 g/mol. The molecule has 7 heteroatoms. The zero-order chi connectivity index (χ0) is 12.6. The highest BCUT2D eigenvalue weighted by atomic mass is 32.1. The van der Waals surface area contributed by atoms with Crippen molar-refractivity contribution in [2.75, 3.05) is 19.6 Å². The van der Waals surface area contributed by atoms with Crippen LogP contribution in [0.15, 0.2) is 6.20 Å². The predicted molar refractivity (Wildman–Crippen MR) is 66.5 cm³/mol. The minimum atomic E-state index is -0.799. The highest BCUT2D eigenvalue weighted by Gasteiger charge is 2.46. The van der Waals surface area contributed by atoms with Crippen LogP contribution in [0.25, 0.3) is 0 Å². The molecule has 0 aliphatic carbocycles. The number of carbonyl (C=O) groups is 1. The molecular formula is C11H16N4O2S. The number of hydrogen-bond acceptors (Lipinski definition) is 5. The van der Waals surface area contributed by atoms with Crippen molar-refractivity contribution in [3.8, 4) is 0 Å². The SMILES string of the molecule is O=C(O)N1CCC2(CCNC2c2cnns2)CC1. The lowest BCUT2D eigenvalue weighted by Gasteiger charge is -2.41. The van der Waals surface area contributed by atoms with Crippen molar-refractivity contribution in [3.63, 3.8) is 0 Å². The van der Waals surface area contributed by atoms with Gasteiger partial charge in [-0.15, -0.1) is 5.10 Å². The molecule has 0 radical (unpaired) electrons. The quantitative estimate of drug-likeness (QED) is 0.803. The van der Waals surface area contributed by atoms with Gasteiger partial charge in [-0.3, -0.25) is 0 Å². The van der Waals surface area contributed by atoms with E-state index < -0.39 is 6.09 Å². The third-order valence-electron chi connectivity index (χ3n) is 4.28. The van der Waals surface area contributed by atoms with E-state index in [1.165, 1.54) is 21.3 Å². The molecule has 1 aromatic rings. The zero-order valence-electron chi connectivity index (χ0n) is 10.0. The first kappa shape index (κ1) is 11.9. The van der Waals surface area contributed by atoms with Crippen LogP contribution in [-0.4, -0.2) is 45.3 Å². The molecule has 1 aromatic heterocycles. The van der Waals surface area contributed by atoms with Crippen molar-refractivity contribution < 1.29 is 9.90 Å². The number of carboxylic acid groups (broad SMARTS) is 1. The Morgan fingerprint density at radius 3 is 2.89 bits per heavy atom. The predicted octanol–water partition coefficient (Wildman–Crippen LogP) is 1.33. The number of amides is 1. The molecule has 2 aliphatic heterocycles. The van der Waals surface area contributed by atoms with Crippen LogP contribution in [0.5, 0.6) is 0 Å². The molecule has 2 saturated heterocycles. The Labute approximate surface area is 109 Å².